The molecule has 37 heavy (non-hydrogen) atoms. The fraction of sp³-hybridized carbons (Fsp3) is 0.154. The number of amides is 2. The summed E-state index contributed by atoms with van der Waals surface area (Å²) in [6, 6.07) is 10.1. The molecule has 9 nitrogen and oxygen atoms in total. The van der Waals surface area contributed by atoms with E-state index >= 15 is 8.78 Å². The van der Waals surface area contributed by atoms with Gasteiger partial charge in [0.2, 0.25) is 0 Å². The Bertz CT molecular complexity index is 1420. The lowest BCUT2D eigenvalue weighted by molar-refractivity contribution is 0.251. The van der Waals surface area contributed by atoms with Crippen molar-refractivity contribution in [3.63, 3.8) is 0 Å². The number of rotatable bonds is 7. The van der Waals surface area contributed by atoms with E-state index in [4.69, 9.17) is 14.9 Å². The maximum absolute atomic E-state index is 15.4. The van der Waals surface area contributed by atoms with Gasteiger partial charge >= 0.3 is 6.03 Å². The van der Waals surface area contributed by atoms with Gasteiger partial charge in [0.1, 0.15) is 5.69 Å². The molecule has 4 rings (SSSR count). The standard InChI is InChI=1S/C26H22F2N6O3/c1-31-12-16(11-30)19-8-20-17(13-32-19)14-33(25-23(27)21(36-2)9-22(37-3)24(25)28)26(35)34(20)18-6-4-15(10-29)5-7-18/h4-9,11-13,30-31H,14H2,1-3H3/b16-12+,30-11?. The van der Waals surface area contributed by atoms with Crippen LogP contribution < -0.4 is 24.6 Å². The summed E-state index contributed by atoms with van der Waals surface area (Å²) >= 11 is 0. The zero-order valence-corrected chi connectivity index (χ0v) is 20.2. The third-order valence-electron chi connectivity index (χ3n) is 5.78. The molecule has 0 atom stereocenters. The number of ether oxygens (including phenoxy) is 2. The molecule has 0 radical (unpaired) electrons. The van der Waals surface area contributed by atoms with E-state index in [9.17, 15) is 10.1 Å². The number of carbonyl (C=O) groups is 1. The number of urea groups is 1. The fourth-order valence-electron chi connectivity index (χ4n) is 3.99. The van der Waals surface area contributed by atoms with Gasteiger partial charge in [0.15, 0.2) is 23.1 Å². The Hall–Kier alpha value is -4.98. The summed E-state index contributed by atoms with van der Waals surface area (Å²) in [5.74, 6) is -2.72. The number of anilines is 3. The van der Waals surface area contributed by atoms with Crippen LogP contribution in [0.15, 0.2) is 48.8 Å². The summed E-state index contributed by atoms with van der Waals surface area (Å²) in [6.07, 6.45) is 4.18. The lowest BCUT2D eigenvalue weighted by Crippen LogP contribution is -2.46. The predicted octanol–water partition coefficient (Wildman–Crippen LogP) is 4.74. The van der Waals surface area contributed by atoms with Gasteiger partial charge in [0, 0.05) is 42.9 Å². The molecule has 1 aromatic heterocycles. The third-order valence-corrected chi connectivity index (χ3v) is 5.78. The second-order valence-corrected chi connectivity index (χ2v) is 7.85. The van der Waals surface area contributed by atoms with E-state index in [-0.39, 0.29) is 18.0 Å². The second kappa shape index (κ2) is 10.3. The van der Waals surface area contributed by atoms with Gasteiger partial charge in [-0.15, -0.1) is 0 Å². The molecule has 0 saturated heterocycles. The van der Waals surface area contributed by atoms with Crippen LogP contribution >= 0.6 is 0 Å². The Morgan fingerprint density at radius 2 is 1.81 bits per heavy atom. The Kier molecular flexibility index (Phi) is 7.01. The van der Waals surface area contributed by atoms with Gasteiger partial charge in [-0.1, -0.05) is 0 Å². The van der Waals surface area contributed by atoms with Crippen molar-refractivity contribution in [1.82, 2.24) is 10.3 Å². The number of carbonyl (C=O) groups excluding carboxylic acids is 1. The van der Waals surface area contributed by atoms with Crippen molar-refractivity contribution in [2.75, 3.05) is 31.1 Å². The van der Waals surface area contributed by atoms with Crippen LogP contribution in [0.1, 0.15) is 16.8 Å². The number of nitriles is 1. The largest absolute Gasteiger partial charge is 0.493 e. The van der Waals surface area contributed by atoms with E-state index in [1.54, 1.807) is 31.4 Å². The number of aromatic nitrogens is 1. The van der Waals surface area contributed by atoms with Crippen molar-refractivity contribution in [2.24, 2.45) is 0 Å². The Balaban J connectivity index is 1.95. The van der Waals surface area contributed by atoms with E-state index in [0.717, 1.165) is 17.2 Å². The number of nitrogens with one attached hydrogen (secondary N) is 2. The molecule has 0 aliphatic carbocycles. The zero-order chi connectivity index (χ0) is 26.7. The molecule has 1 aliphatic heterocycles. The Morgan fingerprint density at radius 1 is 1.16 bits per heavy atom. The Labute approximate surface area is 211 Å². The number of halogens is 2. The molecule has 188 valence electrons. The second-order valence-electron chi connectivity index (χ2n) is 7.85. The van der Waals surface area contributed by atoms with Crippen LogP contribution in [0, 0.1) is 28.4 Å². The van der Waals surface area contributed by atoms with Gasteiger partial charge in [-0.25, -0.2) is 13.6 Å². The molecular weight excluding hydrogens is 482 g/mol. The monoisotopic (exact) mass is 504 g/mol. The highest BCUT2D eigenvalue weighted by molar-refractivity contribution is 6.12. The number of hydrogen-bond acceptors (Lipinski definition) is 7. The number of methoxy groups -OCH3 is 2. The molecule has 0 saturated carbocycles. The number of nitrogens with zero attached hydrogens (tertiary/aromatic N) is 4. The average Bonchev–Trinajstić information content (AvgIpc) is 2.92. The first-order valence-corrected chi connectivity index (χ1v) is 11.0. The van der Waals surface area contributed by atoms with Crippen molar-refractivity contribution in [3.8, 4) is 17.6 Å². The SMILES string of the molecule is CN/C=C(\C=N)c1cc2c(cn1)CN(c1c(F)c(OC)cc(OC)c1F)C(=O)N2c1ccc(C#N)cc1. The highest BCUT2D eigenvalue weighted by Crippen LogP contribution is 2.43. The predicted molar refractivity (Wildman–Crippen MR) is 134 cm³/mol. The molecule has 3 aromatic rings. The minimum atomic E-state index is -1.06. The summed E-state index contributed by atoms with van der Waals surface area (Å²) in [7, 11) is 4.12. The maximum atomic E-state index is 15.4. The molecule has 1 aliphatic rings. The minimum Gasteiger partial charge on any atom is -0.493 e. The van der Waals surface area contributed by atoms with Crippen molar-refractivity contribution >= 4 is 34.9 Å². The first-order chi connectivity index (χ1) is 17.9. The van der Waals surface area contributed by atoms with E-state index in [1.165, 1.54) is 37.4 Å². The van der Waals surface area contributed by atoms with E-state index in [1.807, 2.05) is 6.07 Å². The normalized spacial score (nSPS) is 13.1. The highest BCUT2D eigenvalue weighted by Gasteiger charge is 2.37. The zero-order valence-electron chi connectivity index (χ0n) is 20.2. The number of benzene rings is 2. The molecule has 11 heteroatoms. The van der Waals surface area contributed by atoms with Crippen LogP contribution in [0.4, 0.5) is 30.6 Å². The van der Waals surface area contributed by atoms with Gasteiger partial charge in [-0.3, -0.25) is 14.8 Å². The molecule has 2 aromatic carbocycles. The molecule has 0 spiro atoms. The lowest BCUT2D eigenvalue weighted by Gasteiger charge is -2.37. The average molecular weight is 504 g/mol. The van der Waals surface area contributed by atoms with Gasteiger partial charge < -0.3 is 20.2 Å². The first kappa shape index (κ1) is 25.1. The topological polar surface area (TPSA) is 115 Å². The van der Waals surface area contributed by atoms with E-state index in [0.29, 0.717) is 33.8 Å². The first-order valence-electron chi connectivity index (χ1n) is 11.0. The quantitative estimate of drug-likeness (QED) is 0.450. The summed E-state index contributed by atoms with van der Waals surface area (Å²) < 4.78 is 40.9. The molecule has 0 bridgehead atoms. The van der Waals surface area contributed by atoms with Crippen molar-refractivity contribution < 1.29 is 23.0 Å². The number of fused-ring (bicyclic) bond motifs is 1. The van der Waals surface area contributed by atoms with Crippen LogP contribution in [0.3, 0.4) is 0 Å². The number of pyridine rings is 1. The van der Waals surface area contributed by atoms with Gasteiger partial charge in [0.25, 0.3) is 0 Å². The molecule has 2 amide bonds. The third kappa shape index (κ3) is 4.40. The van der Waals surface area contributed by atoms with Crippen molar-refractivity contribution in [1.29, 1.82) is 10.7 Å². The molecule has 2 N–H and O–H groups in total. The smallest absolute Gasteiger partial charge is 0.334 e. The highest BCUT2D eigenvalue weighted by atomic mass is 19.1. The van der Waals surface area contributed by atoms with Crippen LogP contribution in [-0.2, 0) is 6.54 Å². The van der Waals surface area contributed by atoms with Gasteiger partial charge in [0.05, 0.1) is 49.5 Å². The van der Waals surface area contributed by atoms with Crippen LogP contribution in [0.2, 0.25) is 0 Å². The van der Waals surface area contributed by atoms with Crippen molar-refractivity contribution in [3.05, 3.63) is 77.3 Å². The van der Waals surface area contributed by atoms with Gasteiger partial charge in [-0.05, 0) is 30.3 Å². The maximum Gasteiger partial charge on any atom is 0.334 e. The van der Waals surface area contributed by atoms with Crippen LogP contribution in [0.5, 0.6) is 11.5 Å². The summed E-state index contributed by atoms with van der Waals surface area (Å²) in [6.45, 7) is -0.200. The number of allylic oxidation sites excluding steroid dienone is 1. The molecule has 2 heterocycles. The summed E-state index contributed by atoms with van der Waals surface area (Å²) in [4.78, 5) is 20.5. The molecule has 0 unspecified atom stereocenters. The molecular formula is C26H22F2N6O3. The van der Waals surface area contributed by atoms with Crippen LogP contribution in [0.25, 0.3) is 5.57 Å². The van der Waals surface area contributed by atoms with E-state index < -0.39 is 23.4 Å². The lowest BCUT2D eigenvalue weighted by atomic mass is 10.1. The van der Waals surface area contributed by atoms with E-state index in [2.05, 4.69) is 10.3 Å². The fourth-order valence-corrected chi connectivity index (χ4v) is 3.99. The Morgan fingerprint density at radius 3 is 2.35 bits per heavy atom. The van der Waals surface area contributed by atoms with Gasteiger partial charge in [-0.2, -0.15) is 5.26 Å². The minimum absolute atomic E-state index is 0.200. The summed E-state index contributed by atoms with van der Waals surface area (Å²) in [5.41, 5.74) is 1.86. The van der Waals surface area contributed by atoms with Crippen molar-refractivity contribution in [2.45, 2.75) is 6.54 Å². The molecule has 0 fully saturated rings. The van der Waals surface area contributed by atoms with Crippen LogP contribution in [-0.4, -0.2) is 38.5 Å². The number of hydrogen-bond donors (Lipinski definition) is 2. The summed E-state index contributed by atoms with van der Waals surface area (Å²) in [5, 5.41) is 19.7.